The van der Waals surface area contributed by atoms with E-state index in [1.807, 2.05) is 38.1 Å². The van der Waals surface area contributed by atoms with Crippen LogP contribution in [0.15, 0.2) is 24.3 Å². The predicted octanol–water partition coefficient (Wildman–Crippen LogP) is 2.20. The maximum absolute atomic E-state index is 6.10. The molecule has 4 rings (SSSR count). The highest BCUT2D eigenvalue weighted by Crippen LogP contribution is 2.36. The largest absolute Gasteiger partial charge is 0.494 e. The van der Waals surface area contributed by atoms with Gasteiger partial charge >= 0.3 is 7.12 Å². The van der Waals surface area contributed by atoms with Crippen LogP contribution in [0, 0.1) is 0 Å². The minimum Gasteiger partial charge on any atom is -0.488 e. The van der Waals surface area contributed by atoms with E-state index in [0.717, 1.165) is 30.8 Å². The molecule has 3 fully saturated rings. The Balaban J connectivity index is 1.24. The van der Waals surface area contributed by atoms with Crippen molar-refractivity contribution < 1.29 is 23.5 Å². The number of nitrogens with zero attached hydrogens (tertiary/aromatic N) is 1. The molecule has 0 bridgehead atoms. The minimum absolute atomic E-state index is 0.148. The van der Waals surface area contributed by atoms with Gasteiger partial charge in [-0.1, -0.05) is 12.1 Å². The Labute approximate surface area is 168 Å². The summed E-state index contributed by atoms with van der Waals surface area (Å²) in [5.41, 5.74) is 0.360. The van der Waals surface area contributed by atoms with Crippen molar-refractivity contribution >= 4 is 12.6 Å². The second-order valence-electron chi connectivity index (χ2n) is 9.57. The first-order chi connectivity index (χ1) is 13.0. The molecule has 3 aliphatic rings. The Morgan fingerprint density at radius 2 is 1.61 bits per heavy atom. The molecule has 0 aliphatic carbocycles. The summed E-state index contributed by atoms with van der Waals surface area (Å²) in [4.78, 5) is 2.35. The average molecular weight is 389 g/mol. The Kier molecular flexibility index (Phi) is 5.04. The second-order valence-corrected chi connectivity index (χ2v) is 9.57. The summed E-state index contributed by atoms with van der Waals surface area (Å²) in [6.07, 6.45) is 0.369. The van der Waals surface area contributed by atoms with E-state index in [1.54, 1.807) is 0 Å². The highest BCUT2D eigenvalue weighted by Gasteiger charge is 2.51. The average Bonchev–Trinajstić information content (AvgIpc) is 3.01. The molecule has 28 heavy (non-hydrogen) atoms. The molecule has 3 heterocycles. The maximum atomic E-state index is 6.10. The van der Waals surface area contributed by atoms with E-state index >= 15 is 0 Å². The first kappa shape index (κ1) is 20.2. The zero-order valence-corrected chi connectivity index (χ0v) is 17.9. The van der Waals surface area contributed by atoms with Gasteiger partial charge in [0.15, 0.2) is 5.79 Å². The molecule has 1 atom stereocenters. The van der Waals surface area contributed by atoms with Gasteiger partial charge in [0.1, 0.15) is 11.9 Å². The molecule has 7 heteroatoms. The molecule has 0 unspecified atom stereocenters. The standard InChI is InChI=1S/C21H32BNO5/c1-19(2)20(3,4)28-22(27-19)15-7-9-16(10-8-15)25-17-11-23(12-17)13-18-14-24-21(5,6)26-18/h7-10,17-18H,11-14H2,1-6H3/t18-/m1/s1. The molecule has 0 amide bonds. The van der Waals surface area contributed by atoms with Crippen LogP contribution in [0.2, 0.25) is 0 Å². The molecule has 6 nitrogen and oxygen atoms in total. The highest BCUT2D eigenvalue weighted by molar-refractivity contribution is 6.62. The van der Waals surface area contributed by atoms with Crippen molar-refractivity contribution in [2.24, 2.45) is 0 Å². The third kappa shape index (κ3) is 4.09. The van der Waals surface area contributed by atoms with Crippen molar-refractivity contribution in [2.75, 3.05) is 26.2 Å². The molecule has 1 aromatic carbocycles. The van der Waals surface area contributed by atoms with Gasteiger partial charge in [0, 0.05) is 19.6 Å². The van der Waals surface area contributed by atoms with E-state index in [0.29, 0.717) is 6.61 Å². The Morgan fingerprint density at radius 3 is 2.14 bits per heavy atom. The zero-order chi connectivity index (χ0) is 20.2. The molecule has 0 N–H and O–H groups in total. The van der Waals surface area contributed by atoms with E-state index < -0.39 is 5.79 Å². The summed E-state index contributed by atoms with van der Waals surface area (Å²) < 4.78 is 29.8. The van der Waals surface area contributed by atoms with Gasteiger partial charge < -0.3 is 23.5 Å². The summed E-state index contributed by atoms with van der Waals surface area (Å²) in [7, 11) is -0.337. The van der Waals surface area contributed by atoms with Crippen molar-refractivity contribution in [2.45, 2.75) is 70.7 Å². The fraction of sp³-hybridized carbons (Fsp3) is 0.714. The zero-order valence-electron chi connectivity index (χ0n) is 17.9. The van der Waals surface area contributed by atoms with Crippen LogP contribution < -0.4 is 10.2 Å². The van der Waals surface area contributed by atoms with Crippen LogP contribution in [0.5, 0.6) is 5.75 Å². The summed E-state index contributed by atoms with van der Waals surface area (Å²) in [5, 5.41) is 0. The van der Waals surface area contributed by atoms with Gasteiger partial charge in [-0.2, -0.15) is 0 Å². The first-order valence-electron chi connectivity index (χ1n) is 10.2. The molecule has 0 aromatic heterocycles. The summed E-state index contributed by atoms with van der Waals surface area (Å²) in [5.74, 6) is 0.427. The number of hydrogen-bond acceptors (Lipinski definition) is 6. The lowest BCUT2D eigenvalue weighted by Crippen LogP contribution is -2.56. The second kappa shape index (κ2) is 6.99. The van der Waals surface area contributed by atoms with E-state index in [1.165, 1.54) is 0 Å². The lowest BCUT2D eigenvalue weighted by atomic mass is 9.79. The fourth-order valence-corrected chi connectivity index (χ4v) is 3.76. The van der Waals surface area contributed by atoms with Crippen molar-refractivity contribution in [3.8, 4) is 5.75 Å². The van der Waals surface area contributed by atoms with Gasteiger partial charge in [-0.25, -0.2) is 0 Å². The molecule has 0 saturated carbocycles. The number of rotatable bonds is 5. The van der Waals surface area contributed by atoms with Crippen molar-refractivity contribution in [1.29, 1.82) is 0 Å². The number of benzene rings is 1. The van der Waals surface area contributed by atoms with E-state index in [4.69, 9.17) is 23.5 Å². The highest BCUT2D eigenvalue weighted by atomic mass is 16.7. The molecule has 1 aromatic rings. The molecular weight excluding hydrogens is 357 g/mol. The van der Waals surface area contributed by atoms with Crippen LogP contribution in [-0.2, 0) is 18.8 Å². The predicted molar refractivity (Wildman–Crippen MR) is 108 cm³/mol. The lowest BCUT2D eigenvalue weighted by Gasteiger charge is -2.40. The molecular formula is C21H32BNO5. The van der Waals surface area contributed by atoms with Gasteiger partial charge in [0.25, 0.3) is 0 Å². The summed E-state index contributed by atoms with van der Waals surface area (Å²) in [6.45, 7) is 15.6. The Morgan fingerprint density at radius 1 is 1.00 bits per heavy atom. The number of ether oxygens (including phenoxy) is 3. The van der Waals surface area contributed by atoms with Gasteiger partial charge in [0.05, 0.1) is 23.9 Å². The van der Waals surface area contributed by atoms with Gasteiger partial charge in [-0.05, 0) is 59.1 Å². The van der Waals surface area contributed by atoms with Crippen molar-refractivity contribution in [3.05, 3.63) is 24.3 Å². The van der Waals surface area contributed by atoms with E-state index in [2.05, 4.69) is 32.6 Å². The molecule has 154 valence electrons. The molecule has 0 spiro atoms. The van der Waals surface area contributed by atoms with Crippen molar-refractivity contribution in [1.82, 2.24) is 4.90 Å². The normalized spacial score (nSPS) is 29.1. The van der Waals surface area contributed by atoms with Crippen LogP contribution in [-0.4, -0.2) is 67.5 Å². The van der Waals surface area contributed by atoms with Crippen LogP contribution in [0.4, 0.5) is 0 Å². The Bertz CT molecular complexity index is 683. The summed E-state index contributed by atoms with van der Waals surface area (Å²) >= 11 is 0. The van der Waals surface area contributed by atoms with Crippen molar-refractivity contribution in [3.63, 3.8) is 0 Å². The molecule has 0 radical (unpaired) electrons. The SMILES string of the molecule is CC1(C)OC[C@@H](CN2CC(Oc3ccc(B4OC(C)(C)C(C)(C)O4)cc3)C2)O1. The van der Waals surface area contributed by atoms with E-state index in [9.17, 15) is 0 Å². The smallest absolute Gasteiger partial charge is 0.488 e. The number of likely N-dealkylation sites (tertiary alicyclic amines) is 1. The third-order valence-electron chi connectivity index (χ3n) is 6.16. The van der Waals surface area contributed by atoms with Gasteiger partial charge in [-0.3, -0.25) is 4.90 Å². The van der Waals surface area contributed by atoms with Crippen LogP contribution in [0.3, 0.4) is 0 Å². The van der Waals surface area contributed by atoms with E-state index in [-0.39, 0.29) is 30.5 Å². The third-order valence-corrected chi connectivity index (χ3v) is 6.16. The monoisotopic (exact) mass is 389 g/mol. The molecule has 3 aliphatic heterocycles. The van der Waals surface area contributed by atoms with Gasteiger partial charge in [0.2, 0.25) is 0 Å². The quantitative estimate of drug-likeness (QED) is 0.720. The van der Waals surface area contributed by atoms with Crippen LogP contribution in [0.25, 0.3) is 0 Å². The lowest BCUT2D eigenvalue weighted by molar-refractivity contribution is -0.143. The van der Waals surface area contributed by atoms with Crippen LogP contribution >= 0.6 is 0 Å². The van der Waals surface area contributed by atoms with Gasteiger partial charge in [-0.15, -0.1) is 0 Å². The number of hydrogen-bond donors (Lipinski definition) is 0. The minimum atomic E-state index is -0.454. The topological polar surface area (TPSA) is 49.4 Å². The first-order valence-corrected chi connectivity index (χ1v) is 10.2. The maximum Gasteiger partial charge on any atom is 0.494 e. The Hall–Kier alpha value is -1.12. The summed E-state index contributed by atoms with van der Waals surface area (Å²) in [6, 6.07) is 8.05. The molecule has 3 saturated heterocycles. The fourth-order valence-electron chi connectivity index (χ4n) is 3.76. The van der Waals surface area contributed by atoms with Crippen LogP contribution in [0.1, 0.15) is 41.5 Å².